The number of hydrogen-bond donors (Lipinski definition) is 2. The fourth-order valence-corrected chi connectivity index (χ4v) is 3.23. The number of guanidine groups is 1. The third-order valence-corrected chi connectivity index (χ3v) is 4.64. The standard InChI is InChI=1S/C19H28N4O2S.HI/c1-5-20-19(21-13-18-14(2)22-15(3)26-18)23-16-8-6-9-17(12-16)25-11-7-10-24-4;/h6,8-9,12H,5,7,10-11,13H2,1-4H3,(H2,20,21,23);1H. The van der Waals surface area contributed by atoms with Crippen LogP contribution in [0.1, 0.15) is 28.9 Å². The van der Waals surface area contributed by atoms with E-state index in [4.69, 9.17) is 9.47 Å². The predicted molar refractivity (Wildman–Crippen MR) is 124 cm³/mol. The zero-order valence-electron chi connectivity index (χ0n) is 16.4. The maximum Gasteiger partial charge on any atom is 0.196 e. The van der Waals surface area contributed by atoms with Crippen molar-refractivity contribution in [1.29, 1.82) is 0 Å². The summed E-state index contributed by atoms with van der Waals surface area (Å²) in [5.41, 5.74) is 1.99. The largest absolute Gasteiger partial charge is 0.493 e. The van der Waals surface area contributed by atoms with E-state index in [1.54, 1.807) is 18.4 Å². The number of aliphatic imine (C=N–C) groups is 1. The predicted octanol–water partition coefficient (Wildman–Crippen LogP) is 4.37. The molecule has 2 aromatic rings. The maximum absolute atomic E-state index is 5.75. The van der Waals surface area contributed by atoms with Crippen molar-refractivity contribution in [2.24, 2.45) is 4.99 Å². The summed E-state index contributed by atoms with van der Waals surface area (Å²) < 4.78 is 10.8. The molecule has 0 bridgehead atoms. The second-order valence-corrected chi connectivity index (χ2v) is 7.07. The van der Waals surface area contributed by atoms with Crippen LogP contribution in [0.4, 0.5) is 5.69 Å². The topological polar surface area (TPSA) is 67.8 Å². The van der Waals surface area contributed by atoms with Gasteiger partial charge in [0.15, 0.2) is 5.96 Å². The molecule has 0 fully saturated rings. The molecule has 2 N–H and O–H groups in total. The minimum atomic E-state index is 0. The van der Waals surface area contributed by atoms with Gasteiger partial charge in [0, 0.05) is 43.3 Å². The van der Waals surface area contributed by atoms with E-state index in [1.165, 1.54) is 4.88 Å². The molecule has 0 atom stereocenters. The number of aromatic nitrogens is 1. The number of aryl methyl sites for hydroxylation is 2. The molecular formula is C19H29IN4O2S. The lowest BCUT2D eigenvalue weighted by molar-refractivity contribution is 0.172. The van der Waals surface area contributed by atoms with Crippen molar-refractivity contribution in [2.75, 3.05) is 32.2 Å². The van der Waals surface area contributed by atoms with Crippen LogP contribution in [0.2, 0.25) is 0 Å². The average Bonchev–Trinajstić information content (AvgIpc) is 2.94. The van der Waals surface area contributed by atoms with Crippen molar-refractivity contribution >= 4 is 47.0 Å². The van der Waals surface area contributed by atoms with Gasteiger partial charge in [-0.15, -0.1) is 35.3 Å². The van der Waals surface area contributed by atoms with E-state index in [9.17, 15) is 0 Å². The highest BCUT2D eigenvalue weighted by Gasteiger charge is 2.06. The Balaban J connectivity index is 0.00000364. The third-order valence-electron chi connectivity index (χ3n) is 3.58. The Morgan fingerprint density at radius 3 is 2.74 bits per heavy atom. The van der Waals surface area contributed by atoms with Crippen LogP contribution in [-0.4, -0.2) is 37.8 Å². The van der Waals surface area contributed by atoms with Crippen LogP contribution >= 0.6 is 35.3 Å². The highest BCUT2D eigenvalue weighted by atomic mass is 127. The van der Waals surface area contributed by atoms with Gasteiger partial charge in [-0.1, -0.05) is 6.07 Å². The van der Waals surface area contributed by atoms with Gasteiger partial charge in [-0.3, -0.25) is 0 Å². The molecule has 150 valence electrons. The lowest BCUT2D eigenvalue weighted by atomic mass is 10.3. The zero-order valence-corrected chi connectivity index (χ0v) is 19.5. The smallest absolute Gasteiger partial charge is 0.196 e. The number of nitrogens with one attached hydrogen (secondary N) is 2. The van der Waals surface area contributed by atoms with E-state index in [0.717, 1.165) is 41.1 Å². The van der Waals surface area contributed by atoms with Crippen LogP contribution in [0.3, 0.4) is 0 Å². The van der Waals surface area contributed by atoms with E-state index in [-0.39, 0.29) is 24.0 Å². The molecule has 27 heavy (non-hydrogen) atoms. The Morgan fingerprint density at radius 1 is 1.26 bits per heavy atom. The number of benzene rings is 1. The summed E-state index contributed by atoms with van der Waals surface area (Å²) in [6.45, 7) is 8.83. The molecule has 0 unspecified atom stereocenters. The van der Waals surface area contributed by atoms with Gasteiger partial charge < -0.3 is 20.1 Å². The Hall–Kier alpha value is -1.39. The monoisotopic (exact) mass is 504 g/mol. The van der Waals surface area contributed by atoms with Crippen molar-refractivity contribution in [1.82, 2.24) is 10.3 Å². The summed E-state index contributed by atoms with van der Waals surface area (Å²) in [6, 6.07) is 7.89. The molecule has 0 radical (unpaired) electrons. The number of rotatable bonds is 9. The van der Waals surface area contributed by atoms with E-state index >= 15 is 0 Å². The highest BCUT2D eigenvalue weighted by Crippen LogP contribution is 2.19. The van der Waals surface area contributed by atoms with Crippen LogP contribution in [0.25, 0.3) is 0 Å². The van der Waals surface area contributed by atoms with Gasteiger partial charge in [-0.05, 0) is 32.9 Å². The summed E-state index contributed by atoms with van der Waals surface area (Å²) in [4.78, 5) is 10.3. The molecule has 2 rings (SSSR count). The number of anilines is 1. The molecule has 8 heteroatoms. The SMILES string of the molecule is CCNC(=NCc1sc(C)nc1C)Nc1cccc(OCCCOC)c1.I. The zero-order chi connectivity index (χ0) is 18.8. The van der Waals surface area contributed by atoms with Crippen molar-refractivity contribution in [3.05, 3.63) is 39.8 Å². The number of ether oxygens (including phenoxy) is 2. The lowest BCUT2D eigenvalue weighted by Gasteiger charge is -2.13. The summed E-state index contributed by atoms with van der Waals surface area (Å²) in [6.07, 6.45) is 0.867. The van der Waals surface area contributed by atoms with Crippen molar-refractivity contribution in [2.45, 2.75) is 33.7 Å². The van der Waals surface area contributed by atoms with Gasteiger partial charge in [0.1, 0.15) is 5.75 Å². The number of hydrogen-bond acceptors (Lipinski definition) is 5. The van der Waals surface area contributed by atoms with Crippen LogP contribution in [-0.2, 0) is 11.3 Å². The second kappa shape index (κ2) is 12.9. The van der Waals surface area contributed by atoms with E-state index in [2.05, 4.69) is 27.5 Å². The average molecular weight is 504 g/mol. The highest BCUT2D eigenvalue weighted by molar-refractivity contribution is 14.0. The lowest BCUT2D eigenvalue weighted by Crippen LogP contribution is -2.30. The summed E-state index contributed by atoms with van der Waals surface area (Å²) in [5.74, 6) is 1.57. The number of halogens is 1. The van der Waals surface area contributed by atoms with E-state index in [1.807, 2.05) is 38.1 Å². The molecule has 0 amide bonds. The Morgan fingerprint density at radius 2 is 2.07 bits per heavy atom. The fourth-order valence-electron chi connectivity index (χ4n) is 2.37. The summed E-state index contributed by atoms with van der Waals surface area (Å²) >= 11 is 1.69. The Bertz CT molecular complexity index is 721. The van der Waals surface area contributed by atoms with Gasteiger partial charge in [0.05, 0.1) is 23.9 Å². The maximum atomic E-state index is 5.75. The second-order valence-electron chi connectivity index (χ2n) is 5.78. The Kier molecular flexibility index (Phi) is 11.3. The van der Waals surface area contributed by atoms with Crippen LogP contribution in [0, 0.1) is 13.8 Å². The van der Waals surface area contributed by atoms with Crippen LogP contribution in [0.5, 0.6) is 5.75 Å². The van der Waals surface area contributed by atoms with Crippen LogP contribution in [0.15, 0.2) is 29.3 Å². The van der Waals surface area contributed by atoms with Crippen molar-refractivity contribution in [3.8, 4) is 5.75 Å². The van der Waals surface area contributed by atoms with Gasteiger partial charge >= 0.3 is 0 Å². The van der Waals surface area contributed by atoms with E-state index < -0.39 is 0 Å². The molecule has 6 nitrogen and oxygen atoms in total. The molecule has 0 aliphatic carbocycles. The van der Waals surface area contributed by atoms with Gasteiger partial charge in [-0.2, -0.15) is 0 Å². The van der Waals surface area contributed by atoms with Crippen molar-refractivity contribution < 1.29 is 9.47 Å². The first-order chi connectivity index (χ1) is 12.6. The molecule has 0 aliphatic rings. The van der Waals surface area contributed by atoms with E-state index in [0.29, 0.717) is 19.8 Å². The van der Waals surface area contributed by atoms with Gasteiger partial charge in [0.2, 0.25) is 0 Å². The third kappa shape index (κ3) is 8.44. The Labute approximate surface area is 182 Å². The molecule has 1 aromatic heterocycles. The summed E-state index contributed by atoms with van der Waals surface area (Å²) in [5, 5.41) is 7.68. The van der Waals surface area contributed by atoms with Gasteiger partial charge in [0.25, 0.3) is 0 Å². The van der Waals surface area contributed by atoms with Gasteiger partial charge in [-0.25, -0.2) is 9.98 Å². The first kappa shape index (κ1) is 23.6. The minimum Gasteiger partial charge on any atom is -0.493 e. The van der Waals surface area contributed by atoms with Crippen molar-refractivity contribution in [3.63, 3.8) is 0 Å². The minimum absolute atomic E-state index is 0. The molecule has 0 aliphatic heterocycles. The molecule has 1 heterocycles. The fraction of sp³-hybridized carbons (Fsp3) is 0.474. The number of methoxy groups -OCH3 is 1. The molecule has 0 saturated carbocycles. The normalized spacial score (nSPS) is 11.0. The first-order valence-electron chi connectivity index (χ1n) is 8.82. The summed E-state index contributed by atoms with van der Waals surface area (Å²) in [7, 11) is 1.70. The molecule has 0 saturated heterocycles. The quantitative estimate of drug-likeness (QED) is 0.230. The number of nitrogens with zero attached hydrogens (tertiary/aromatic N) is 2. The molecule has 1 aromatic carbocycles. The van der Waals surface area contributed by atoms with Crippen LogP contribution < -0.4 is 15.4 Å². The number of thiazole rings is 1. The molecule has 0 spiro atoms. The molecular weight excluding hydrogens is 475 g/mol. The first-order valence-corrected chi connectivity index (χ1v) is 9.64.